The summed E-state index contributed by atoms with van der Waals surface area (Å²) in [5.41, 5.74) is 9.29. The molecule has 0 amide bonds. The van der Waals surface area contributed by atoms with Gasteiger partial charge in [0, 0.05) is 13.1 Å². The van der Waals surface area contributed by atoms with Crippen LogP contribution in [0.5, 0.6) is 0 Å². The number of anilines is 1. The van der Waals surface area contributed by atoms with Crippen molar-refractivity contribution in [1.29, 1.82) is 0 Å². The van der Waals surface area contributed by atoms with Gasteiger partial charge in [0.2, 0.25) is 5.95 Å². The minimum atomic E-state index is 0.456. The van der Waals surface area contributed by atoms with Crippen molar-refractivity contribution in [2.45, 2.75) is 52.0 Å². The molecule has 5 nitrogen and oxygen atoms in total. The van der Waals surface area contributed by atoms with Crippen LogP contribution in [0.3, 0.4) is 0 Å². The molecule has 1 aliphatic carbocycles. The molecule has 5 heteroatoms. The molecule has 1 unspecified atom stereocenters. The first-order valence-electron chi connectivity index (χ1n) is 7.34. The van der Waals surface area contributed by atoms with Crippen LogP contribution in [0.2, 0.25) is 0 Å². The van der Waals surface area contributed by atoms with Crippen molar-refractivity contribution < 1.29 is 0 Å². The van der Waals surface area contributed by atoms with Crippen molar-refractivity contribution in [2.24, 2.45) is 13.0 Å². The van der Waals surface area contributed by atoms with Crippen LogP contribution >= 0.6 is 0 Å². The zero-order valence-electron chi connectivity index (χ0n) is 12.1. The number of fused-ring (bicyclic) bond motifs is 1. The Bertz CT molecular complexity index is 591. The SMILES string of the molecule is CCc1nn(C)c2c1nc(N)n2C(CC)CC1CC1. The molecule has 0 aliphatic heterocycles. The number of hydrogen-bond donors (Lipinski definition) is 1. The minimum Gasteiger partial charge on any atom is -0.369 e. The van der Waals surface area contributed by atoms with E-state index in [9.17, 15) is 0 Å². The Kier molecular flexibility index (Phi) is 2.99. The summed E-state index contributed by atoms with van der Waals surface area (Å²) >= 11 is 0. The summed E-state index contributed by atoms with van der Waals surface area (Å²) in [7, 11) is 1.99. The second-order valence-electron chi connectivity index (χ2n) is 5.68. The van der Waals surface area contributed by atoms with Crippen LogP contribution in [0.25, 0.3) is 11.2 Å². The fraction of sp³-hybridized carbons (Fsp3) is 0.714. The first-order chi connectivity index (χ1) is 9.15. The van der Waals surface area contributed by atoms with Crippen molar-refractivity contribution in [1.82, 2.24) is 19.3 Å². The average Bonchev–Trinajstić information content (AvgIpc) is 3.08. The van der Waals surface area contributed by atoms with E-state index in [1.807, 2.05) is 11.7 Å². The highest BCUT2D eigenvalue weighted by Crippen LogP contribution is 2.39. The molecule has 104 valence electrons. The maximum atomic E-state index is 6.17. The van der Waals surface area contributed by atoms with Gasteiger partial charge in [-0.05, 0) is 25.2 Å². The largest absolute Gasteiger partial charge is 0.369 e. The molecule has 2 aromatic rings. The highest BCUT2D eigenvalue weighted by molar-refractivity contribution is 5.78. The molecule has 0 radical (unpaired) electrons. The van der Waals surface area contributed by atoms with E-state index in [4.69, 9.17) is 5.73 Å². The summed E-state index contributed by atoms with van der Waals surface area (Å²) in [5.74, 6) is 1.53. The third-order valence-corrected chi connectivity index (χ3v) is 4.24. The smallest absolute Gasteiger partial charge is 0.202 e. The van der Waals surface area contributed by atoms with Gasteiger partial charge < -0.3 is 5.73 Å². The van der Waals surface area contributed by atoms with Gasteiger partial charge in [-0.15, -0.1) is 0 Å². The Morgan fingerprint density at radius 3 is 2.68 bits per heavy atom. The van der Waals surface area contributed by atoms with E-state index in [0.29, 0.717) is 12.0 Å². The molecule has 0 saturated heterocycles. The predicted molar refractivity (Wildman–Crippen MR) is 77.0 cm³/mol. The number of aromatic nitrogens is 4. The van der Waals surface area contributed by atoms with Gasteiger partial charge in [0.05, 0.1) is 5.69 Å². The summed E-state index contributed by atoms with van der Waals surface area (Å²) in [5, 5.41) is 4.56. The van der Waals surface area contributed by atoms with Crippen LogP contribution in [0, 0.1) is 5.92 Å². The lowest BCUT2D eigenvalue weighted by molar-refractivity contribution is 0.436. The molecule has 1 atom stereocenters. The fourth-order valence-corrected chi connectivity index (χ4v) is 3.01. The van der Waals surface area contributed by atoms with Gasteiger partial charge in [0.1, 0.15) is 5.52 Å². The quantitative estimate of drug-likeness (QED) is 0.900. The van der Waals surface area contributed by atoms with Crippen LogP contribution in [0.1, 0.15) is 51.3 Å². The lowest BCUT2D eigenvalue weighted by Gasteiger charge is -2.18. The van der Waals surface area contributed by atoms with Gasteiger partial charge in [-0.1, -0.05) is 26.7 Å². The maximum absolute atomic E-state index is 6.17. The second-order valence-corrected chi connectivity index (χ2v) is 5.68. The topological polar surface area (TPSA) is 61.7 Å². The summed E-state index contributed by atoms with van der Waals surface area (Å²) in [4.78, 5) is 4.56. The molecule has 2 N–H and O–H groups in total. The van der Waals surface area contributed by atoms with Gasteiger partial charge in [-0.25, -0.2) is 4.98 Å². The van der Waals surface area contributed by atoms with E-state index in [-0.39, 0.29) is 0 Å². The van der Waals surface area contributed by atoms with Crippen LogP contribution in [-0.4, -0.2) is 19.3 Å². The molecule has 3 rings (SSSR count). The molecule has 1 aliphatic rings. The highest BCUT2D eigenvalue weighted by Gasteiger charge is 2.28. The lowest BCUT2D eigenvalue weighted by atomic mass is 10.1. The number of imidazole rings is 1. The molecule has 1 saturated carbocycles. The van der Waals surface area contributed by atoms with Gasteiger partial charge in [-0.3, -0.25) is 9.25 Å². The zero-order valence-corrected chi connectivity index (χ0v) is 12.1. The summed E-state index contributed by atoms with van der Waals surface area (Å²) < 4.78 is 4.15. The predicted octanol–water partition coefficient (Wildman–Crippen LogP) is 2.67. The maximum Gasteiger partial charge on any atom is 0.202 e. The molecule has 0 bridgehead atoms. The number of aryl methyl sites for hydroxylation is 2. The van der Waals surface area contributed by atoms with Gasteiger partial charge in [0.15, 0.2) is 5.65 Å². The van der Waals surface area contributed by atoms with Crippen molar-refractivity contribution >= 4 is 17.1 Å². The van der Waals surface area contributed by atoms with Crippen LogP contribution in [-0.2, 0) is 13.5 Å². The van der Waals surface area contributed by atoms with E-state index < -0.39 is 0 Å². The number of nitrogen functional groups attached to an aromatic ring is 1. The summed E-state index contributed by atoms with van der Waals surface area (Å²) in [6.45, 7) is 4.34. The van der Waals surface area contributed by atoms with Gasteiger partial charge in [0.25, 0.3) is 0 Å². The third-order valence-electron chi connectivity index (χ3n) is 4.24. The van der Waals surface area contributed by atoms with Crippen LogP contribution < -0.4 is 5.73 Å². The molecule has 19 heavy (non-hydrogen) atoms. The molecule has 1 fully saturated rings. The first kappa shape index (κ1) is 12.5. The standard InChI is InChI=1S/C14H23N5/c1-4-10(8-9-6-7-9)19-13-12(16-14(19)15)11(5-2)17-18(13)3/h9-10H,4-8H2,1-3H3,(H2,15,16). The minimum absolute atomic E-state index is 0.456. The second kappa shape index (κ2) is 4.54. The van der Waals surface area contributed by atoms with Crippen LogP contribution in [0.15, 0.2) is 0 Å². The lowest BCUT2D eigenvalue weighted by Crippen LogP contribution is -2.14. The Hall–Kier alpha value is -1.52. The Morgan fingerprint density at radius 1 is 1.37 bits per heavy atom. The monoisotopic (exact) mass is 261 g/mol. The molecular formula is C14H23N5. The number of nitrogens with two attached hydrogens (primary N) is 1. The zero-order chi connectivity index (χ0) is 13.6. The highest BCUT2D eigenvalue weighted by atomic mass is 15.4. The molecule has 2 aromatic heterocycles. The Labute approximate surface area is 113 Å². The van der Waals surface area contributed by atoms with E-state index in [0.717, 1.165) is 35.6 Å². The van der Waals surface area contributed by atoms with Gasteiger partial charge >= 0.3 is 0 Å². The molecule has 2 heterocycles. The number of hydrogen-bond acceptors (Lipinski definition) is 3. The summed E-state index contributed by atoms with van der Waals surface area (Å²) in [6.07, 6.45) is 5.96. The van der Waals surface area contributed by atoms with Crippen molar-refractivity contribution in [2.75, 3.05) is 5.73 Å². The van der Waals surface area contributed by atoms with Crippen molar-refractivity contribution in [3.05, 3.63) is 5.69 Å². The van der Waals surface area contributed by atoms with Crippen molar-refractivity contribution in [3.8, 4) is 0 Å². The normalized spacial score (nSPS) is 17.2. The molecule has 0 aromatic carbocycles. The molecular weight excluding hydrogens is 238 g/mol. The third kappa shape index (κ3) is 2.01. The Morgan fingerprint density at radius 2 is 2.11 bits per heavy atom. The van der Waals surface area contributed by atoms with E-state index in [1.54, 1.807) is 0 Å². The van der Waals surface area contributed by atoms with E-state index >= 15 is 0 Å². The first-order valence-corrected chi connectivity index (χ1v) is 7.34. The fourth-order valence-electron chi connectivity index (χ4n) is 3.01. The average molecular weight is 261 g/mol. The number of rotatable bonds is 5. The van der Waals surface area contributed by atoms with Gasteiger partial charge in [-0.2, -0.15) is 5.10 Å². The van der Waals surface area contributed by atoms with Crippen molar-refractivity contribution in [3.63, 3.8) is 0 Å². The van der Waals surface area contributed by atoms with E-state index in [2.05, 4.69) is 28.5 Å². The molecule has 0 spiro atoms. The summed E-state index contributed by atoms with van der Waals surface area (Å²) in [6, 6.07) is 0.456. The Balaban J connectivity index is 2.09. The van der Waals surface area contributed by atoms with E-state index in [1.165, 1.54) is 19.3 Å². The van der Waals surface area contributed by atoms with Crippen LogP contribution in [0.4, 0.5) is 5.95 Å². The number of nitrogens with zero attached hydrogens (tertiary/aromatic N) is 4.